The van der Waals surface area contributed by atoms with Gasteiger partial charge in [-0.1, -0.05) is 6.08 Å². The first-order valence-corrected chi connectivity index (χ1v) is 3.70. The monoisotopic (exact) mass is 128 g/mol. The van der Waals surface area contributed by atoms with Crippen molar-refractivity contribution in [3.8, 4) is 0 Å². The predicted octanol–water partition coefficient (Wildman–Crippen LogP) is 1.45. The van der Waals surface area contributed by atoms with Crippen molar-refractivity contribution in [1.29, 1.82) is 0 Å². The Balaban J connectivity index is 2.25. The molecule has 1 aliphatic heterocycles. The molecule has 0 aliphatic carbocycles. The van der Waals surface area contributed by atoms with Gasteiger partial charge in [0.05, 0.1) is 0 Å². The highest BCUT2D eigenvalue weighted by molar-refractivity contribution is 8.02. The lowest BCUT2D eigenvalue weighted by atomic mass is 10.1. The van der Waals surface area contributed by atoms with Gasteiger partial charge in [0.2, 0.25) is 0 Å². The van der Waals surface area contributed by atoms with Crippen LogP contribution in [0.4, 0.5) is 0 Å². The Labute approximate surface area is 53.2 Å². The van der Waals surface area contributed by atoms with E-state index < -0.39 is 0 Å². The van der Waals surface area contributed by atoms with E-state index >= 15 is 0 Å². The second-order valence-electron chi connectivity index (χ2n) is 1.82. The van der Waals surface area contributed by atoms with Gasteiger partial charge in [0.15, 0.2) is 0 Å². The molecule has 1 unspecified atom stereocenters. The van der Waals surface area contributed by atoms with Crippen LogP contribution in [0.3, 0.4) is 0 Å². The number of hydrogen-bond acceptors (Lipinski definition) is 2. The third-order valence-corrected chi connectivity index (χ3v) is 2.13. The molecule has 1 rings (SSSR count). The molecular formula is C6H8OS. The molecule has 2 heteroatoms. The van der Waals surface area contributed by atoms with E-state index in [2.05, 4.69) is 11.5 Å². The van der Waals surface area contributed by atoms with E-state index in [9.17, 15) is 4.79 Å². The van der Waals surface area contributed by atoms with Gasteiger partial charge >= 0.3 is 0 Å². The first-order chi connectivity index (χ1) is 3.93. The summed E-state index contributed by atoms with van der Waals surface area (Å²) in [5.74, 6) is 1.62. The lowest BCUT2D eigenvalue weighted by molar-refractivity contribution is -0.108. The average molecular weight is 128 g/mol. The van der Waals surface area contributed by atoms with Crippen LogP contribution in [-0.4, -0.2) is 12.0 Å². The molecule has 8 heavy (non-hydrogen) atoms. The first-order valence-electron chi connectivity index (χ1n) is 2.65. The summed E-state index contributed by atoms with van der Waals surface area (Å²) < 4.78 is 0. The van der Waals surface area contributed by atoms with Crippen LogP contribution in [0.25, 0.3) is 0 Å². The minimum absolute atomic E-state index is 0.525. The van der Waals surface area contributed by atoms with Crippen molar-refractivity contribution in [2.24, 2.45) is 5.92 Å². The van der Waals surface area contributed by atoms with E-state index in [-0.39, 0.29) is 0 Å². The fourth-order valence-corrected chi connectivity index (χ4v) is 1.61. The normalized spacial score (nSPS) is 26.2. The molecule has 0 radical (unpaired) electrons. The van der Waals surface area contributed by atoms with Gasteiger partial charge in [-0.05, 0) is 11.3 Å². The van der Waals surface area contributed by atoms with E-state index in [1.807, 2.05) is 0 Å². The highest BCUT2D eigenvalue weighted by Crippen LogP contribution is 2.21. The van der Waals surface area contributed by atoms with Gasteiger partial charge < -0.3 is 4.79 Å². The van der Waals surface area contributed by atoms with Gasteiger partial charge in [0, 0.05) is 12.2 Å². The van der Waals surface area contributed by atoms with Crippen LogP contribution in [0.2, 0.25) is 0 Å². The van der Waals surface area contributed by atoms with Gasteiger partial charge in [0.25, 0.3) is 0 Å². The number of hydrogen-bond donors (Lipinski definition) is 0. The zero-order valence-corrected chi connectivity index (χ0v) is 5.36. The number of carbonyl (C=O) groups is 1. The van der Waals surface area contributed by atoms with Gasteiger partial charge in [-0.25, -0.2) is 0 Å². The maximum atomic E-state index is 9.92. The summed E-state index contributed by atoms with van der Waals surface area (Å²) in [6.45, 7) is 0. The van der Waals surface area contributed by atoms with Crippen molar-refractivity contribution in [1.82, 2.24) is 0 Å². The lowest BCUT2D eigenvalue weighted by Gasteiger charge is -1.96. The third-order valence-electron chi connectivity index (χ3n) is 1.16. The van der Waals surface area contributed by atoms with E-state index in [1.165, 1.54) is 0 Å². The van der Waals surface area contributed by atoms with Crippen molar-refractivity contribution >= 4 is 18.0 Å². The van der Waals surface area contributed by atoms with Crippen molar-refractivity contribution in [3.05, 3.63) is 11.5 Å². The summed E-state index contributed by atoms with van der Waals surface area (Å²) in [4.78, 5) is 9.92. The Hall–Kier alpha value is -0.240. The molecule has 0 aromatic rings. The Morgan fingerprint density at radius 2 is 2.75 bits per heavy atom. The summed E-state index contributed by atoms with van der Waals surface area (Å²) in [7, 11) is 0. The SMILES string of the molecule is O=CCC1C=CSC1. The van der Waals surface area contributed by atoms with E-state index in [0.29, 0.717) is 12.3 Å². The molecule has 0 amide bonds. The summed E-state index contributed by atoms with van der Waals surface area (Å²) >= 11 is 1.78. The molecule has 1 nitrogen and oxygen atoms in total. The standard InChI is InChI=1S/C6H8OS/c7-3-1-6-2-4-8-5-6/h2-4,6H,1,5H2. The van der Waals surface area contributed by atoms with E-state index in [1.54, 1.807) is 11.8 Å². The summed E-state index contributed by atoms with van der Waals surface area (Å²) in [6, 6.07) is 0. The number of allylic oxidation sites excluding steroid dienone is 1. The van der Waals surface area contributed by atoms with Crippen LogP contribution in [-0.2, 0) is 4.79 Å². The molecule has 0 N–H and O–H groups in total. The molecule has 0 aromatic carbocycles. The molecule has 1 atom stereocenters. The summed E-state index contributed by atoms with van der Waals surface area (Å²) in [6.07, 6.45) is 3.78. The molecule has 0 saturated carbocycles. The third kappa shape index (κ3) is 1.37. The molecule has 1 heterocycles. The predicted molar refractivity (Wildman–Crippen MR) is 35.8 cm³/mol. The highest BCUT2D eigenvalue weighted by atomic mass is 32.2. The van der Waals surface area contributed by atoms with Crippen molar-refractivity contribution in [2.45, 2.75) is 6.42 Å². The lowest BCUT2D eigenvalue weighted by Crippen LogP contribution is -1.94. The van der Waals surface area contributed by atoms with Crippen molar-refractivity contribution < 1.29 is 4.79 Å². The molecule has 0 bridgehead atoms. The van der Waals surface area contributed by atoms with Gasteiger partial charge in [0.1, 0.15) is 6.29 Å². The number of thioether (sulfide) groups is 1. The Morgan fingerprint density at radius 3 is 3.25 bits per heavy atom. The van der Waals surface area contributed by atoms with Gasteiger partial charge in [-0.3, -0.25) is 0 Å². The summed E-state index contributed by atoms with van der Waals surface area (Å²) in [5.41, 5.74) is 0. The fraction of sp³-hybridized carbons (Fsp3) is 0.500. The van der Waals surface area contributed by atoms with Crippen LogP contribution in [0, 0.1) is 5.92 Å². The van der Waals surface area contributed by atoms with E-state index in [4.69, 9.17) is 0 Å². The Morgan fingerprint density at radius 1 is 1.88 bits per heavy atom. The molecule has 0 spiro atoms. The smallest absolute Gasteiger partial charge is 0.120 e. The summed E-state index contributed by atoms with van der Waals surface area (Å²) in [5, 5.41) is 2.06. The van der Waals surface area contributed by atoms with Gasteiger partial charge in [-0.2, -0.15) is 0 Å². The zero-order chi connectivity index (χ0) is 5.82. The molecule has 0 aromatic heterocycles. The van der Waals surface area contributed by atoms with Gasteiger partial charge in [-0.15, -0.1) is 11.8 Å². The number of carbonyl (C=O) groups excluding carboxylic acids is 1. The molecule has 1 aliphatic rings. The Bertz CT molecular complexity index is 109. The molecular weight excluding hydrogens is 120 g/mol. The zero-order valence-electron chi connectivity index (χ0n) is 4.54. The number of aldehydes is 1. The van der Waals surface area contributed by atoms with Crippen LogP contribution in [0.1, 0.15) is 6.42 Å². The quantitative estimate of drug-likeness (QED) is 0.523. The molecule has 44 valence electrons. The molecule has 0 saturated heterocycles. The second-order valence-corrected chi connectivity index (χ2v) is 2.76. The van der Waals surface area contributed by atoms with E-state index in [0.717, 1.165) is 12.0 Å². The van der Waals surface area contributed by atoms with Crippen LogP contribution < -0.4 is 0 Å². The minimum atomic E-state index is 0.525. The largest absolute Gasteiger partial charge is 0.303 e. The average Bonchev–Trinajstić information content (AvgIpc) is 2.19. The maximum absolute atomic E-state index is 9.92. The topological polar surface area (TPSA) is 17.1 Å². The highest BCUT2D eigenvalue weighted by Gasteiger charge is 2.07. The fourth-order valence-electron chi connectivity index (χ4n) is 0.672. The van der Waals surface area contributed by atoms with Crippen LogP contribution in [0.15, 0.2) is 11.5 Å². The van der Waals surface area contributed by atoms with Crippen LogP contribution >= 0.6 is 11.8 Å². The minimum Gasteiger partial charge on any atom is -0.303 e. The first kappa shape index (κ1) is 5.89. The second kappa shape index (κ2) is 2.92. The van der Waals surface area contributed by atoms with Crippen LogP contribution in [0.5, 0.6) is 0 Å². The van der Waals surface area contributed by atoms with Crippen molar-refractivity contribution in [2.75, 3.05) is 5.75 Å². The van der Waals surface area contributed by atoms with Crippen molar-refractivity contribution in [3.63, 3.8) is 0 Å². The molecule has 0 fully saturated rings. The maximum Gasteiger partial charge on any atom is 0.120 e. The number of rotatable bonds is 2. The Kier molecular flexibility index (Phi) is 2.15.